The molecule has 0 saturated carbocycles. The normalized spacial score (nSPS) is 14.7. The maximum absolute atomic E-state index is 12.3. The van der Waals surface area contributed by atoms with E-state index in [1.807, 2.05) is 0 Å². The van der Waals surface area contributed by atoms with Crippen molar-refractivity contribution in [2.45, 2.75) is 45.9 Å². The monoisotopic (exact) mass is 323 g/mol. The first kappa shape index (κ1) is 17.0. The van der Waals surface area contributed by atoms with E-state index in [1.54, 1.807) is 25.5 Å². The number of hydrogen-bond acceptors (Lipinski definition) is 6. The van der Waals surface area contributed by atoms with E-state index in [9.17, 15) is 14.4 Å². The predicted octanol–water partition coefficient (Wildman–Crippen LogP) is 1.62. The highest BCUT2D eigenvalue weighted by molar-refractivity contribution is 5.97. The lowest BCUT2D eigenvalue weighted by molar-refractivity contribution is 0.0236. The number of aryl methyl sites for hydroxylation is 1. The fraction of sp³-hybridized carbons (Fsp3) is 0.600. The van der Waals surface area contributed by atoms with Crippen molar-refractivity contribution in [3.8, 4) is 0 Å². The minimum Gasteiger partial charge on any atom is -0.464 e. The topological polar surface area (TPSA) is 90.7 Å². The minimum atomic E-state index is -0.670. The standard InChI is InChI=1S/C15H21N3O5/c1-15(2,3)23-14(21)17-6-5-7-18-11(8-17)10(9-19)12(16-18)13(20)22-4/h9H,5-8H2,1-4H3. The molecule has 0 aliphatic carbocycles. The molecule has 0 saturated heterocycles. The van der Waals surface area contributed by atoms with E-state index in [0.717, 1.165) is 0 Å². The van der Waals surface area contributed by atoms with Crippen molar-refractivity contribution < 1.29 is 23.9 Å². The minimum absolute atomic E-state index is 0.0245. The molecule has 1 amide bonds. The SMILES string of the molecule is COC(=O)c1nn2c(c1C=O)CN(C(=O)OC(C)(C)C)CCC2. The van der Waals surface area contributed by atoms with Crippen LogP contribution in [0.25, 0.3) is 0 Å². The first-order valence-corrected chi connectivity index (χ1v) is 7.38. The van der Waals surface area contributed by atoms with Crippen LogP contribution < -0.4 is 0 Å². The van der Waals surface area contributed by atoms with Gasteiger partial charge in [-0.05, 0) is 27.2 Å². The molecule has 0 radical (unpaired) electrons. The van der Waals surface area contributed by atoms with Gasteiger partial charge in [0.2, 0.25) is 0 Å². The summed E-state index contributed by atoms with van der Waals surface area (Å²) in [5.41, 5.74) is 0.0495. The summed E-state index contributed by atoms with van der Waals surface area (Å²) in [7, 11) is 1.23. The molecule has 0 unspecified atom stereocenters. The van der Waals surface area contributed by atoms with Gasteiger partial charge < -0.3 is 14.4 Å². The van der Waals surface area contributed by atoms with Crippen molar-refractivity contribution in [1.29, 1.82) is 0 Å². The summed E-state index contributed by atoms with van der Waals surface area (Å²) in [5.74, 6) is -0.670. The molecule has 8 nitrogen and oxygen atoms in total. The number of amides is 1. The van der Waals surface area contributed by atoms with Gasteiger partial charge in [-0.2, -0.15) is 5.10 Å². The molecule has 2 heterocycles. The molecule has 0 fully saturated rings. The zero-order valence-electron chi connectivity index (χ0n) is 13.8. The van der Waals surface area contributed by atoms with Crippen molar-refractivity contribution in [3.05, 3.63) is 17.0 Å². The molecule has 0 bridgehead atoms. The van der Waals surface area contributed by atoms with Gasteiger partial charge in [0.25, 0.3) is 0 Å². The number of ether oxygens (including phenoxy) is 2. The van der Waals surface area contributed by atoms with Gasteiger partial charge >= 0.3 is 12.1 Å². The lowest BCUT2D eigenvalue weighted by Crippen LogP contribution is -2.36. The largest absolute Gasteiger partial charge is 0.464 e. The zero-order valence-corrected chi connectivity index (χ0v) is 13.8. The van der Waals surface area contributed by atoms with Crippen LogP contribution in [0.4, 0.5) is 4.79 Å². The van der Waals surface area contributed by atoms with E-state index in [0.29, 0.717) is 31.5 Å². The second-order valence-electron chi connectivity index (χ2n) is 6.30. The van der Waals surface area contributed by atoms with Gasteiger partial charge in [0, 0.05) is 13.1 Å². The molecule has 2 rings (SSSR count). The first-order chi connectivity index (χ1) is 10.8. The third-order valence-corrected chi connectivity index (χ3v) is 3.39. The average molecular weight is 323 g/mol. The predicted molar refractivity (Wildman–Crippen MR) is 80.2 cm³/mol. The maximum Gasteiger partial charge on any atom is 0.410 e. The van der Waals surface area contributed by atoms with Gasteiger partial charge in [0.15, 0.2) is 12.0 Å². The number of carbonyl (C=O) groups is 3. The molecule has 1 aliphatic heterocycles. The quantitative estimate of drug-likeness (QED) is 0.607. The molecular formula is C15H21N3O5. The smallest absolute Gasteiger partial charge is 0.410 e. The average Bonchev–Trinajstić information content (AvgIpc) is 2.67. The lowest BCUT2D eigenvalue weighted by Gasteiger charge is -2.26. The van der Waals surface area contributed by atoms with Crippen LogP contribution in [-0.4, -0.2) is 52.3 Å². The number of hydrogen-bond donors (Lipinski definition) is 0. The summed E-state index contributed by atoms with van der Waals surface area (Å²) >= 11 is 0. The molecular weight excluding hydrogens is 302 g/mol. The Labute approximate surface area is 134 Å². The molecule has 23 heavy (non-hydrogen) atoms. The summed E-state index contributed by atoms with van der Waals surface area (Å²) in [6.07, 6.45) is 0.764. The summed E-state index contributed by atoms with van der Waals surface area (Å²) < 4.78 is 11.6. The van der Waals surface area contributed by atoms with Gasteiger partial charge in [-0.3, -0.25) is 9.48 Å². The summed E-state index contributed by atoms with van der Waals surface area (Å²) in [6.45, 7) is 6.53. The molecule has 0 atom stereocenters. The third-order valence-electron chi connectivity index (χ3n) is 3.39. The zero-order chi connectivity index (χ0) is 17.2. The highest BCUT2D eigenvalue weighted by atomic mass is 16.6. The Morgan fingerprint density at radius 2 is 1.96 bits per heavy atom. The Morgan fingerprint density at radius 3 is 2.52 bits per heavy atom. The van der Waals surface area contributed by atoms with Crippen molar-refractivity contribution >= 4 is 18.3 Å². The van der Waals surface area contributed by atoms with Crippen molar-refractivity contribution in [1.82, 2.24) is 14.7 Å². The molecule has 0 spiro atoms. The number of methoxy groups -OCH3 is 1. The third kappa shape index (κ3) is 3.69. The summed E-state index contributed by atoms with van der Waals surface area (Å²) in [6, 6.07) is 0. The van der Waals surface area contributed by atoms with Crippen LogP contribution in [0.3, 0.4) is 0 Å². The van der Waals surface area contributed by atoms with Crippen molar-refractivity contribution in [2.75, 3.05) is 13.7 Å². The highest BCUT2D eigenvalue weighted by Crippen LogP contribution is 2.21. The number of carbonyl (C=O) groups excluding carboxylic acids is 3. The molecule has 8 heteroatoms. The Balaban J connectivity index is 2.32. The van der Waals surface area contributed by atoms with Crippen LogP contribution in [-0.2, 0) is 22.6 Å². The molecule has 1 aromatic rings. The molecule has 0 aromatic carbocycles. The highest BCUT2D eigenvalue weighted by Gasteiger charge is 2.29. The number of esters is 1. The van der Waals surface area contributed by atoms with Gasteiger partial charge in [-0.1, -0.05) is 0 Å². The molecule has 1 aromatic heterocycles. The Morgan fingerprint density at radius 1 is 1.26 bits per heavy atom. The fourth-order valence-corrected chi connectivity index (χ4v) is 2.39. The number of rotatable bonds is 2. The Kier molecular flexibility index (Phi) is 4.72. The van der Waals surface area contributed by atoms with Gasteiger partial charge in [0.05, 0.1) is 24.9 Å². The van der Waals surface area contributed by atoms with E-state index >= 15 is 0 Å². The Bertz CT molecular complexity index is 630. The summed E-state index contributed by atoms with van der Waals surface area (Å²) in [4.78, 5) is 36.9. The van der Waals surface area contributed by atoms with E-state index in [-0.39, 0.29) is 17.8 Å². The van der Waals surface area contributed by atoms with Crippen LogP contribution in [0.1, 0.15) is 53.7 Å². The van der Waals surface area contributed by atoms with Crippen LogP contribution >= 0.6 is 0 Å². The van der Waals surface area contributed by atoms with E-state index < -0.39 is 17.7 Å². The molecule has 126 valence electrons. The summed E-state index contributed by atoms with van der Waals surface area (Å²) in [5, 5.41) is 4.15. The fourth-order valence-electron chi connectivity index (χ4n) is 2.39. The second-order valence-corrected chi connectivity index (χ2v) is 6.30. The van der Waals surface area contributed by atoms with Crippen LogP contribution in [0.5, 0.6) is 0 Å². The second kappa shape index (κ2) is 6.39. The van der Waals surface area contributed by atoms with E-state index in [2.05, 4.69) is 9.84 Å². The maximum atomic E-state index is 12.3. The number of aromatic nitrogens is 2. The first-order valence-electron chi connectivity index (χ1n) is 7.38. The molecule has 0 N–H and O–H groups in total. The van der Waals surface area contributed by atoms with Crippen molar-refractivity contribution in [3.63, 3.8) is 0 Å². The van der Waals surface area contributed by atoms with Crippen LogP contribution in [0, 0.1) is 0 Å². The number of fused-ring (bicyclic) bond motifs is 1. The molecule has 1 aliphatic rings. The van der Waals surface area contributed by atoms with E-state index in [4.69, 9.17) is 4.74 Å². The van der Waals surface area contributed by atoms with Crippen molar-refractivity contribution in [2.24, 2.45) is 0 Å². The van der Waals surface area contributed by atoms with Gasteiger partial charge in [0.1, 0.15) is 5.60 Å². The number of nitrogens with zero attached hydrogens (tertiary/aromatic N) is 3. The van der Waals surface area contributed by atoms with Crippen LogP contribution in [0.15, 0.2) is 0 Å². The Hall–Kier alpha value is -2.38. The van der Waals surface area contributed by atoms with Gasteiger partial charge in [-0.15, -0.1) is 0 Å². The number of aldehydes is 1. The van der Waals surface area contributed by atoms with E-state index in [1.165, 1.54) is 12.0 Å². The lowest BCUT2D eigenvalue weighted by atomic mass is 10.2. The van der Waals surface area contributed by atoms with Gasteiger partial charge in [-0.25, -0.2) is 9.59 Å². The van der Waals surface area contributed by atoms with Crippen LogP contribution in [0.2, 0.25) is 0 Å².